The standard InChI is InChI=1S/C15H14O4S/c1-19-15(14(16)12-8-4-2-5-9-12)20(17,18)13-10-6-3-7-11-13/h2-11,15H,1H3. The number of carbonyl (C=O) groups excluding carboxylic acids is 1. The van der Waals surface area contributed by atoms with E-state index in [4.69, 9.17) is 4.74 Å². The first kappa shape index (κ1) is 14.4. The van der Waals surface area contributed by atoms with E-state index in [1.165, 1.54) is 19.2 Å². The second-order valence-electron chi connectivity index (χ2n) is 4.16. The average molecular weight is 290 g/mol. The number of hydrogen-bond acceptors (Lipinski definition) is 4. The molecule has 5 heteroatoms. The lowest BCUT2D eigenvalue weighted by atomic mass is 10.1. The number of ketones is 1. The molecular weight excluding hydrogens is 276 g/mol. The van der Waals surface area contributed by atoms with Gasteiger partial charge in [0, 0.05) is 12.7 Å². The summed E-state index contributed by atoms with van der Waals surface area (Å²) in [6.45, 7) is 0. The van der Waals surface area contributed by atoms with E-state index < -0.39 is 21.1 Å². The third kappa shape index (κ3) is 2.79. The summed E-state index contributed by atoms with van der Waals surface area (Å²) < 4.78 is 29.8. The minimum atomic E-state index is -3.87. The predicted octanol–water partition coefficient (Wildman–Crippen LogP) is 2.32. The first-order valence-electron chi connectivity index (χ1n) is 5.98. The highest BCUT2D eigenvalue weighted by Crippen LogP contribution is 2.19. The van der Waals surface area contributed by atoms with E-state index in [0.29, 0.717) is 5.56 Å². The Kier molecular flexibility index (Phi) is 4.32. The van der Waals surface area contributed by atoms with E-state index in [-0.39, 0.29) is 4.90 Å². The minimum absolute atomic E-state index is 0.0659. The van der Waals surface area contributed by atoms with Crippen LogP contribution in [0.1, 0.15) is 10.4 Å². The smallest absolute Gasteiger partial charge is 0.225 e. The highest BCUT2D eigenvalue weighted by atomic mass is 32.2. The number of hydrogen-bond donors (Lipinski definition) is 0. The van der Waals surface area contributed by atoms with E-state index in [9.17, 15) is 13.2 Å². The molecule has 20 heavy (non-hydrogen) atoms. The molecule has 0 aromatic heterocycles. The molecule has 0 spiro atoms. The Balaban J connectivity index is 2.41. The Morgan fingerprint density at radius 2 is 1.45 bits per heavy atom. The molecule has 0 saturated carbocycles. The highest BCUT2D eigenvalue weighted by Gasteiger charge is 2.34. The van der Waals surface area contributed by atoms with E-state index in [1.54, 1.807) is 48.5 Å². The Morgan fingerprint density at radius 1 is 0.950 bits per heavy atom. The van der Waals surface area contributed by atoms with Gasteiger partial charge in [0.15, 0.2) is 0 Å². The van der Waals surface area contributed by atoms with Crippen LogP contribution in [-0.4, -0.2) is 26.7 Å². The summed E-state index contributed by atoms with van der Waals surface area (Å²) in [5, 5.41) is 0. The highest BCUT2D eigenvalue weighted by molar-refractivity contribution is 7.92. The topological polar surface area (TPSA) is 60.4 Å². The number of rotatable bonds is 5. The maximum atomic E-state index is 12.4. The maximum Gasteiger partial charge on any atom is 0.225 e. The molecule has 0 saturated heterocycles. The van der Waals surface area contributed by atoms with E-state index in [1.807, 2.05) is 0 Å². The van der Waals surface area contributed by atoms with Gasteiger partial charge < -0.3 is 4.74 Å². The van der Waals surface area contributed by atoms with Crippen molar-refractivity contribution in [1.82, 2.24) is 0 Å². The van der Waals surface area contributed by atoms with Crippen LogP contribution in [0.4, 0.5) is 0 Å². The first-order chi connectivity index (χ1) is 9.57. The fourth-order valence-electron chi connectivity index (χ4n) is 1.85. The number of methoxy groups -OCH3 is 1. The summed E-state index contributed by atoms with van der Waals surface area (Å²) in [7, 11) is -2.66. The van der Waals surface area contributed by atoms with Gasteiger partial charge in [-0.1, -0.05) is 48.5 Å². The molecule has 0 aliphatic heterocycles. The van der Waals surface area contributed by atoms with Crippen molar-refractivity contribution in [1.29, 1.82) is 0 Å². The molecule has 2 rings (SSSR count). The molecule has 1 atom stereocenters. The van der Waals surface area contributed by atoms with Crippen LogP contribution in [0.5, 0.6) is 0 Å². The zero-order chi connectivity index (χ0) is 14.6. The van der Waals surface area contributed by atoms with Crippen molar-refractivity contribution in [2.24, 2.45) is 0 Å². The molecule has 0 aliphatic rings. The van der Waals surface area contributed by atoms with Gasteiger partial charge in [-0.2, -0.15) is 0 Å². The molecule has 0 bridgehead atoms. The molecule has 0 amide bonds. The predicted molar refractivity (Wildman–Crippen MR) is 75.2 cm³/mol. The molecule has 0 heterocycles. The largest absolute Gasteiger partial charge is 0.358 e. The van der Waals surface area contributed by atoms with Crippen LogP contribution in [0, 0.1) is 0 Å². The zero-order valence-electron chi connectivity index (χ0n) is 10.9. The lowest BCUT2D eigenvalue weighted by Gasteiger charge is -2.15. The van der Waals surface area contributed by atoms with Gasteiger partial charge in [0.1, 0.15) is 0 Å². The van der Waals surface area contributed by atoms with Gasteiger partial charge >= 0.3 is 0 Å². The molecule has 0 N–H and O–H groups in total. The number of Topliss-reactive ketones (excluding diaryl/α,β-unsaturated/α-hetero) is 1. The van der Waals surface area contributed by atoms with Gasteiger partial charge in [-0.3, -0.25) is 4.79 Å². The van der Waals surface area contributed by atoms with Crippen molar-refractivity contribution in [3.63, 3.8) is 0 Å². The number of carbonyl (C=O) groups is 1. The lowest BCUT2D eigenvalue weighted by molar-refractivity contribution is 0.0778. The summed E-state index contributed by atoms with van der Waals surface area (Å²) in [5.74, 6) is -0.572. The van der Waals surface area contributed by atoms with Crippen molar-refractivity contribution in [2.45, 2.75) is 10.3 Å². The number of ether oxygens (including phenoxy) is 1. The second kappa shape index (κ2) is 5.98. The fraction of sp³-hybridized carbons (Fsp3) is 0.133. The zero-order valence-corrected chi connectivity index (χ0v) is 11.7. The van der Waals surface area contributed by atoms with Crippen molar-refractivity contribution in [3.05, 3.63) is 66.2 Å². The van der Waals surface area contributed by atoms with Crippen LogP contribution in [0.2, 0.25) is 0 Å². The van der Waals surface area contributed by atoms with Crippen LogP contribution < -0.4 is 0 Å². The van der Waals surface area contributed by atoms with Crippen molar-refractivity contribution in [2.75, 3.05) is 7.11 Å². The van der Waals surface area contributed by atoms with Crippen LogP contribution in [0.3, 0.4) is 0 Å². The van der Waals surface area contributed by atoms with Gasteiger partial charge in [0.25, 0.3) is 0 Å². The molecule has 104 valence electrons. The monoisotopic (exact) mass is 290 g/mol. The Hall–Kier alpha value is -1.98. The van der Waals surface area contributed by atoms with Gasteiger partial charge in [0.05, 0.1) is 4.90 Å². The van der Waals surface area contributed by atoms with Crippen LogP contribution in [0.15, 0.2) is 65.6 Å². The Bertz CT molecular complexity index is 678. The molecule has 2 aromatic carbocycles. The molecule has 0 fully saturated rings. The van der Waals surface area contributed by atoms with Crippen LogP contribution >= 0.6 is 0 Å². The Morgan fingerprint density at radius 3 is 1.95 bits per heavy atom. The molecule has 1 unspecified atom stereocenters. The second-order valence-corrected chi connectivity index (χ2v) is 6.15. The summed E-state index contributed by atoms with van der Waals surface area (Å²) in [5.41, 5.74) is -1.23. The van der Waals surface area contributed by atoms with Gasteiger partial charge in [-0.25, -0.2) is 8.42 Å². The SMILES string of the molecule is COC(C(=O)c1ccccc1)S(=O)(=O)c1ccccc1. The van der Waals surface area contributed by atoms with Crippen molar-refractivity contribution in [3.8, 4) is 0 Å². The van der Waals surface area contributed by atoms with Crippen LogP contribution in [-0.2, 0) is 14.6 Å². The van der Waals surface area contributed by atoms with Gasteiger partial charge in [-0.05, 0) is 12.1 Å². The number of benzene rings is 2. The molecule has 4 nitrogen and oxygen atoms in total. The normalized spacial score (nSPS) is 12.8. The van der Waals surface area contributed by atoms with Gasteiger partial charge in [0.2, 0.25) is 21.1 Å². The van der Waals surface area contributed by atoms with E-state index >= 15 is 0 Å². The summed E-state index contributed by atoms with van der Waals surface area (Å²) in [4.78, 5) is 12.4. The summed E-state index contributed by atoms with van der Waals surface area (Å²) in [6.07, 6.45) is 0. The minimum Gasteiger partial charge on any atom is -0.358 e. The average Bonchev–Trinajstić information content (AvgIpc) is 2.49. The lowest BCUT2D eigenvalue weighted by Crippen LogP contribution is -2.32. The van der Waals surface area contributed by atoms with Crippen LogP contribution in [0.25, 0.3) is 0 Å². The summed E-state index contributed by atoms with van der Waals surface area (Å²) >= 11 is 0. The third-order valence-electron chi connectivity index (χ3n) is 2.84. The molecule has 2 aromatic rings. The van der Waals surface area contributed by atoms with Gasteiger partial charge in [-0.15, -0.1) is 0 Å². The summed E-state index contributed by atoms with van der Waals surface area (Å²) in [6, 6.07) is 16.0. The fourth-order valence-corrected chi connectivity index (χ4v) is 3.30. The maximum absolute atomic E-state index is 12.4. The Labute approximate surface area is 117 Å². The number of sulfone groups is 1. The van der Waals surface area contributed by atoms with E-state index in [2.05, 4.69) is 0 Å². The molecular formula is C15H14O4S. The van der Waals surface area contributed by atoms with Crippen molar-refractivity contribution >= 4 is 15.6 Å². The molecule has 0 radical (unpaired) electrons. The molecule has 0 aliphatic carbocycles. The van der Waals surface area contributed by atoms with Crippen molar-refractivity contribution < 1.29 is 17.9 Å². The first-order valence-corrected chi connectivity index (χ1v) is 7.53. The third-order valence-corrected chi connectivity index (χ3v) is 4.74. The quantitative estimate of drug-likeness (QED) is 0.793. The van der Waals surface area contributed by atoms with E-state index in [0.717, 1.165) is 0 Å².